The van der Waals surface area contributed by atoms with Gasteiger partial charge in [0.1, 0.15) is 17.3 Å². The molecule has 170 valence electrons. The minimum Gasteiger partial charge on any atom is -0.497 e. The van der Waals surface area contributed by atoms with Crippen molar-refractivity contribution in [3.05, 3.63) is 59.3 Å². The number of unbranched alkanes of at least 4 members (excludes halogenated alkanes) is 1. The van der Waals surface area contributed by atoms with Gasteiger partial charge < -0.3 is 14.8 Å². The van der Waals surface area contributed by atoms with E-state index >= 15 is 0 Å². The normalized spacial score (nSPS) is 15.4. The minimum atomic E-state index is -0.0679. The zero-order valence-electron chi connectivity index (χ0n) is 18.9. The number of rotatable bonds is 7. The monoisotopic (exact) mass is 462 g/mol. The summed E-state index contributed by atoms with van der Waals surface area (Å²) in [7, 11) is 1.65. The summed E-state index contributed by atoms with van der Waals surface area (Å²) >= 11 is 1.52. The fraction of sp³-hybridized carbons (Fsp3) is 0.320. The first-order valence-electron chi connectivity index (χ1n) is 11.1. The van der Waals surface area contributed by atoms with Crippen LogP contribution in [0.1, 0.15) is 48.9 Å². The van der Waals surface area contributed by atoms with Crippen molar-refractivity contribution in [3.8, 4) is 16.6 Å². The number of aromatic nitrogens is 3. The topological polar surface area (TPSA) is 78.3 Å². The van der Waals surface area contributed by atoms with E-state index in [9.17, 15) is 4.79 Å². The highest BCUT2D eigenvalue weighted by Crippen LogP contribution is 2.41. The van der Waals surface area contributed by atoms with Crippen molar-refractivity contribution in [1.82, 2.24) is 14.8 Å². The molecule has 1 aliphatic rings. The van der Waals surface area contributed by atoms with Crippen LogP contribution in [-0.4, -0.2) is 34.4 Å². The molecule has 0 spiro atoms. The molecule has 0 fully saturated rings. The zero-order chi connectivity index (χ0) is 22.9. The Bertz CT molecular complexity index is 1310. The number of fused-ring (bicyclic) bond motifs is 2. The number of carbonyl (C=O) groups is 1. The van der Waals surface area contributed by atoms with Gasteiger partial charge in [-0.05, 0) is 49.2 Å². The molecule has 0 saturated heterocycles. The summed E-state index contributed by atoms with van der Waals surface area (Å²) in [5.41, 5.74) is 3.86. The van der Waals surface area contributed by atoms with Crippen molar-refractivity contribution in [2.24, 2.45) is 0 Å². The molecule has 2 aromatic heterocycles. The number of carbonyl (C=O) groups excluding carboxylic acids is 1. The van der Waals surface area contributed by atoms with E-state index in [-0.39, 0.29) is 11.8 Å². The Labute approximate surface area is 196 Å². The highest BCUT2D eigenvalue weighted by Gasteiger charge is 2.33. The predicted molar refractivity (Wildman–Crippen MR) is 130 cm³/mol. The van der Waals surface area contributed by atoms with Crippen LogP contribution in [0.2, 0.25) is 0 Å². The SMILES string of the molecule is CCCCOc1ccc([C@H]2CC(=O)Nc3c2c(C)nn3-c2nc3ccc(OC)cc3s2)cc1. The highest BCUT2D eigenvalue weighted by molar-refractivity contribution is 7.20. The summed E-state index contributed by atoms with van der Waals surface area (Å²) in [6.07, 6.45) is 2.51. The van der Waals surface area contributed by atoms with Crippen LogP contribution in [0.5, 0.6) is 11.5 Å². The Morgan fingerprint density at radius 1 is 1.18 bits per heavy atom. The molecule has 0 saturated carbocycles. The van der Waals surface area contributed by atoms with Crippen molar-refractivity contribution < 1.29 is 14.3 Å². The third-order valence-electron chi connectivity index (χ3n) is 5.92. The van der Waals surface area contributed by atoms with E-state index < -0.39 is 0 Å². The van der Waals surface area contributed by atoms with Gasteiger partial charge in [0.05, 0.1) is 29.6 Å². The summed E-state index contributed by atoms with van der Waals surface area (Å²) in [6.45, 7) is 4.84. The van der Waals surface area contributed by atoms with Gasteiger partial charge >= 0.3 is 0 Å². The maximum absolute atomic E-state index is 12.7. The number of anilines is 1. The van der Waals surface area contributed by atoms with Gasteiger partial charge in [-0.2, -0.15) is 9.78 Å². The second-order valence-electron chi connectivity index (χ2n) is 8.17. The number of benzene rings is 2. The van der Waals surface area contributed by atoms with Gasteiger partial charge in [0.15, 0.2) is 0 Å². The standard InChI is InChI=1S/C25H26N4O3S/c1-4-5-12-32-17-8-6-16(7-9-17)19-14-22(30)27-24-23(19)15(2)28-29(24)25-26-20-11-10-18(31-3)13-21(20)33-25/h6-11,13,19H,4-5,12,14H2,1-3H3,(H,27,30)/t19-/m1/s1. The Morgan fingerprint density at radius 2 is 1.97 bits per heavy atom. The van der Waals surface area contributed by atoms with Crippen molar-refractivity contribution in [1.29, 1.82) is 0 Å². The predicted octanol–water partition coefficient (Wildman–Crippen LogP) is 5.45. The fourth-order valence-corrected chi connectivity index (χ4v) is 5.16. The van der Waals surface area contributed by atoms with Crippen LogP contribution < -0.4 is 14.8 Å². The molecular formula is C25H26N4O3S. The number of nitrogens with zero attached hydrogens (tertiary/aromatic N) is 3. The fourth-order valence-electron chi connectivity index (χ4n) is 4.21. The van der Waals surface area contributed by atoms with Crippen LogP contribution in [-0.2, 0) is 4.79 Å². The second kappa shape index (κ2) is 8.86. The van der Waals surface area contributed by atoms with Gasteiger partial charge in [-0.3, -0.25) is 4.79 Å². The first-order valence-corrected chi connectivity index (χ1v) is 12.0. The molecule has 4 aromatic rings. The summed E-state index contributed by atoms with van der Waals surface area (Å²) in [6, 6.07) is 13.9. The van der Waals surface area contributed by atoms with Crippen molar-refractivity contribution in [3.63, 3.8) is 0 Å². The number of nitrogens with one attached hydrogen (secondary N) is 1. The van der Waals surface area contributed by atoms with E-state index in [1.807, 2.05) is 37.3 Å². The first kappa shape index (κ1) is 21.5. The van der Waals surface area contributed by atoms with Crippen molar-refractivity contribution in [2.45, 2.75) is 39.0 Å². The lowest BCUT2D eigenvalue weighted by Gasteiger charge is -2.24. The zero-order valence-corrected chi connectivity index (χ0v) is 19.7. The Kier molecular flexibility index (Phi) is 5.76. The first-order chi connectivity index (χ1) is 16.1. The largest absolute Gasteiger partial charge is 0.497 e. The van der Waals surface area contributed by atoms with Gasteiger partial charge in [-0.1, -0.05) is 36.8 Å². The van der Waals surface area contributed by atoms with E-state index in [1.165, 1.54) is 11.3 Å². The van der Waals surface area contributed by atoms with Crippen LogP contribution in [0.3, 0.4) is 0 Å². The number of aryl methyl sites for hydroxylation is 1. The lowest BCUT2D eigenvalue weighted by atomic mass is 9.86. The summed E-state index contributed by atoms with van der Waals surface area (Å²) in [5.74, 6) is 2.24. The third-order valence-corrected chi connectivity index (χ3v) is 6.91. The lowest BCUT2D eigenvalue weighted by molar-refractivity contribution is -0.116. The number of thiazole rings is 1. The molecule has 0 bridgehead atoms. The molecule has 2 aromatic carbocycles. The Balaban J connectivity index is 1.51. The molecule has 33 heavy (non-hydrogen) atoms. The van der Waals surface area contributed by atoms with E-state index in [1.54, 1.807) is 11.8 Å². The molecule has 0 radical (unpaired) electrons. The molecular weight excluding hydrogens is 436 g/mol. The second-order valence-corrected chi connectivity index (χ2v) is 9.17. The quantitative estimate of drug-likeness (QED) is 0.370. The number of amides is 1. The molecule has 8 heteroatoms. The number of ether oxygens (including phenoxy) is 2. The molecule has 1 atom stereocenters. The van der Waals surface area contributed by atoms with Crippen LogP contribution in [0, 0.1) is 6.92 Å². The number of hydrogen-bond acceptors (Lipinski definition) is 6. The number of hydrogen-bond donors (Lipinski definition) is 1. The molecule has 7 nitrogen and oxygen atoms in total. The van der Waals surface area contributed by atoms with Gasteiger partial charge in [0.2, 0.25) is 11.0 Å². The average molecular weight is 463 g/mol. The molecule has 3 heterocycles. The third kappa shape index (κ3) is 4.06. The molecule has 0 aliphatic carbocycles. The molecule has 1 amide bonds. The van der Waals surface area contributed by atoms with Crippen LogP contribution in [0.4, 0.5) is 5.82 Å². The van der Waals surface area contributed by atoms with E-state index in [4.69, 9.17) is 19.6 Å². The van der Waals surface area contributed by atoms with Gasteiger partial charge in [-0.25, -0.2) is 4.98 Å². The van der Waals surface area contributed by atoms with Crippen LogP contribution >= 0.6 is 11.3 Å². The molecule has 0 unspecified atom stereocenters. The van der Waals surface area contributed by atoms with Gasteiger partial charge in [0, 0.05) is 17.9 Å². The number of methoxy groups -OCH3 is 1. The molecule has 1 N–H and O–H groups in total. The maximum Gasteiger partial charge on any atom is 0.226 e. The van der Waals surface area contributed by atoms with E-state index in [2.05, 4.69) is 24.4 Å². The molecule has 5 rings (SSSR count). The smallest absolute Gasteiger partial charge is 0.226 e. The van der Waals surface area contributed by atoms with Crippen molar-refractivity contribution >= 4 is 33.3 Å². The average Bonchev–Trinajstić information content (AvgIpc) is 3.39. The van der Waals surface area contributed by atoms with Gasteiger partial charge in [-0.15, -0.1) is 0 Å². The van der Waals surface area contributed by atoms with Crippen LogP contribution in [0.25, 0.3) is 15.3 Å². The summed E-state index contributed by atoms with van der Waals surface area (Å²) in [4.78, 5) is 17.4. The summed E-state index contributed by atoms with van der Waals surface area (Å²) in [5, 5.41) is 8.52. The molecule has 1 aliphatic heterocycles. The Hall–Kier alpha value is -3.39. The van der Waals surface area contributed by atoms with Crippen molar-refractivity contribution in [2.75, 3.05) is 19.0 Å². The van der Waals surface area contributed by atoms with E-state index in [0.717, 1.165) is 51.4 Å². The summed E-state index contributed by atoms with van der Waals surface area (Å²) < 4.78 is 13.9. The van der Waals surface area contributed by atoms with Crippen LogP contribution in [0.15, 0.2) is 42.5 Å². The maximum atomic E-state index is 12.7. The van der Waals surface area contributed by atoms with E-state index in [0.29, 0.717) is 24.0 Å². The highest BCUT2D eigenvalue weighted by atomic mass is 32.1. The lowest BCUT2D eigenvalue weighted by Crippen LogP contribution is -2.24. The minimum absolute atomic E-state index is 0.0281. The Morgan fingerprint density at radius 3 is 2.73 bits per heavy atom. The van der Waals surface area contributed by atoms with Gasteiger partial charge in [0.25, 0.3) is 0 Å².